The summed E-state index contributed by atoms with van der Waals surface area (Å²) >= 11 is 0. The molecule has 1 heterocycles. The van der Waals surface area contributed by atoms with Crippen LogP contribution in [0.3, 0.4) is 0 Å². The highest BCUT2D eigenvalue weighted by molar-refractivity contribution is 7.87. The maximum absolute atomic E-state index is 12.3. The molecule has 0 radical (unpaired) electrons. The molecule has 0 aliphatic carbocycles. The lowest BCUT2D eigenvalue weighted by Gasteiger charge is -2.24. The Morgan fingerprint density at radius 2 is 1.77 bits per heavy atom. The summed E-state index contributed by atoms with van der Waals surface area (Å²) in [5.41, 5.74) is -4.74. The molecule has 1 aliphatic heterocycles. The number of rotatable bonds is 4. The number of halogens is 3. The number of amides is 1. The van der Waals surface area contributed by atoms with Crippen molar-refractivity contribution in [2.75, 3.05) is 0 Å². The van der Waals surface area contributed by atoms with Gasteiger partial charge in [-0.2, -0.15) is 21.6 Å². The van der Waals surface area contributed by atoms with Gasteiger partial charge in [0.15, 0.2) is 0 Å². The van der Waals surface area contributed by atoms with E-state index < -0.39 is 21.4 Å². The van der Waals surface area contributed by atoms with Crippen LogP contribution in [0, 0.1) is 0 Å². The highest BCUT2D eigenvalue weighted by Crippen LogP contribution is 2.29. The van der Waals surface area contributed by atoms with Crippen LogP contribution < -0.4 is 0 Å². The Hall–Kier alpha value is -2.03. The van der Waals surface area contributed by atoms with Gasteiger partial charge in [-0.1, -0.05) is 30.3 Å². The van der Waals surface area contributed by atoms with Crippen molar-refractivity contribution < 1.29 is 30.6 Å². The number of carbonyl (C=O) groups is 1. The molecule has 1 aromatic rings. The Morgan fingerprint density at radius 1 is 1.14 bits per heavy atom. The lowest BCUT2D eigenvalue weighted by molar-refractivity contribution is -0.130. The van der Waals surface area contributed by atoms with Crippen molar-refractivity contribution in [1.29, 1.82) is 0 Å². The minimum atomic E-state index is -5.72. The third kappa shape index (κ3) is 3.79. The molecule has 22 heavy (non-hydrogen) atoms. The molecule has 0 fully saturated rings. The summed E-state index contributed by atoms with van der Waals surface area (Å²) < 4.78 is 62.9. The fraction of sp³-hybridized carbons (Fsp3) is 0.308. The molecule has 1 aliphatic rings. The van der Waals surface area contributed by atoms with E-state index in [4.69, 9.17) is 0 Å². The smallest absolute Gasteiger partial charge is 0.379 e. The summed E-state index contributed by atoms with van der Waals surface area (Å²) in [5, 5.41) is 0. The Bertz CT molecular complexity index is 683. The van der Waals surface area contributed by atoms with Crippen molar-refractivity contribution in [2.45, 2.75) is 24.9 Å². The molecule has 0 unspecified atom stereocenters. The van der Waals surface area contributed by atoms with Gasteiger partial charge < -0.3 is 9.08 Å². The molecular weight excluding hydrogens is 323 g/mol. The predicted molar refractivity (Wildman–Crippen MR) is 70.4 cm³/mol. The molecule has 0 saturated carbocycles. The van der Waals surface area contributed by atoms with Gasteiger partial charge in [0.05, 0.1) is 6.54 Å². The Labute approximate surface area is 125 Å². The number of nitrogens with zero attached hydrogens (tertiary/aromatic N) is 1. The molecule has 1 aromatic carbocycles. The summed E-state index contributed by atoms with van der Waals surface area (Å²) in [4.78, 5) is 12.9. The van der Waals surface area contributed by atoms with Crippen LogP contribution in [0.15, 0.2) is 42.3 Å². The largest absolute Gasteiger partial charge is 0.534 e. The first-order chi connectivity index (χ1) is 10.2. The first kappa shape index (κ1) is 16.3. The molecule has 0 bridgehead atoms. The Morgan fingerprint density at radius 3 is 2.36 bits per heavy atom. The number of hydrogen-bond acceptors (Lipinski definition) is 4. The second kappa shape index (κ2) is 5.99. The Balaban J connectivity index is 2.17. The summed E-state index contributed by atoms with van der Waals surface area (Å²) in [6.45, 7) is 0.124. The van der Waals surface area contributed by atoms with Crippen molar-refractivity contribution >= 4 is 16.0 Å². The van der Waals surface area contributed by atoms with E-state index in [1.54, 1.807) is 30.3 Å². The third-order valence-corrected chi connectivity index (χ3v) is 3.90. The van der Waals surface area contributed by atoms with E-state index >= 15 is 0 Å². The average molecular weight is 335 g/mol. The molecule has 0 N–H and O–H groups in total. The van der Waals surface area contributed by atoms with Crippen LogP contribution in [0.25, 0.3) is 0 Å². The number of allylic oxidation sites excluding steroid dienone is 1. The van der Waals surface area contributed by atoms with E-state index in [0.717, 1.165) is 16.7 Å². The highest BCUT2D eigenvalue weighted by atomic mass is 32.2. The molecule has 0 atom stereocenters. The van der Waals surface area contributed by atoms with Crippen molar-refractivity contribution in [3.63, 3.8) is 0 Å². The van der Waals surface area contributed by atoms with Gasteiger partial charge in [-0.3, -0.25) is 4.79 Å². The zero-order chi connectivity index (χ0) is 16.4. The third-order valence-electron chi connectivity index (χ3n) is 2.90. The van der Waals surface area contributed by atoms with E-state index in [0.29, 0.717) is 0 Å². The van der Waals surface area contributed by atoms with Crippen molar-refractivity contribution in [3.05, 3.63) is 47.9 Å². The van der Waals surface area contributed by atoms with Crippen molar-refractivity contribution in [2.24, 2.45) is 0 Å². The lowest BCUT2D eigenvalue weighted by Crippen LogP contribution is -2.31. The maximum atomic E-state index is 12.3. The topological polar surface area (TPSA) is 63.7 Å². The van der Waals surface area contributed by atoms with Crippen LogP contribution in [0.5, 0.6) is 0 Å². The minimum absolute atomic E-state index is 0.119. The van der Waals surface area contributed by atoms with E-state index in [1.807, 2.05) is 0 Å². The van der Waals surface area contributed by atoms with Crippen LogP contribution >= 0.6 is 0 Å². The standard InChI is InChI=1S/C13H12F3NO4S/c14-13(15,16)22(19,20)21-11-6-7-12(18)17(9-11)8-10-4-2-1-3-5-10/h1-5,9H,6-8H2. The minimum Gasteiger partial charge on any atom is -0.379 e. The van der Waals surface area contributed by atoms with Crippen LogP contribution in [0.2, 0.25) is 0 Å². The molecular formula is C13H12F3NO4S. The maximum Gasteiger partial charge on any atom is 0.534 e. The zero-order valence-corrected chi connectivity index (χ0v) is 12.0. The number of hydrogen-bond donors (Lipinski definition) is 0. The molecule has 0 aromatic heterocycles. The van der Waals surface area contributed by atoms with Crippen molar-refractivity contribution in [1.82, 2.24) is 4.90 Å². The monoisotopic (exact) mass is 335 g/mol. The van der Waals surface area contributed by atoms with E-state index in [-0.39, 0.29) is 25.3 Å². The van der Waals surface area contributed by atoms with Gasteiger partial charge >= 0.3 is 15.6 Å². The number of alkyl halides is 3. The van der Waals surface area contributed by atoms with E-state index in [9.17, 15) is 26.4 Å². The second-order valence-corrected chi connectivity index (χ2v) is 6.12. The molecule has 0 saturated heterocycles. The summed E-state index contributed by atoms with van der Waals surface area (Å²) in [5.74, 6) is -0.728. The molecule has 1 amide bonds. The summed E-state index contributed by atoms with van der Waals surface area (Å²) in [6, 6.07) is 8.76. The summed E-state index contributed by atoms with van der Waals surface area (Å²) in [7, 11) is -5.72. The van der Waals surface area contributed by atoms with E-state index in [1.165, 1.54) is 0 Å². The Kier molecular flexibility index (Phi) is 4.45. The van der Waals surface area contributed by atoms with Gasteiger partial charge in [-0.25, -0.2) is 0 Å². The predicted octanol–water partition coefficient (Wildman–Crippen LogP) is 2.52. The highest BCUT2D eigenvalue weighted by Gasteiger charge is 2.49. The normalized spacial score (nSPS) is 16.4. The molecule has 0 spiro atoms. The fourth-order valence-electron chi connectivity index (χ4n) is 1.85. The van der Waals surface area contributed by atoms with Gasteiger partial charge in [-0.05, 0) is 5.56 Å². The van der Waals surface area contributed by atoms with E-state index in [2.05, 4.69) is 4.18 Å². The number of benzene rings is 1. The van der Waals surface area contributed by atoms with Gasteiger partial charge in [-0.15, -0.1) is 0 Å². The van der Waals surface area contributed by atoms with Crippen molar-refractivity contribution in [3.8, 4) is 0 Å². The first-order valence-corrected chi connectivity index (χ1v) is 7.65. The van der Waals surface area contributed by atoms with Gasteiger partial charge in [0.2, 0.25) is 5.91 Å². The van der Waals surface area contributed by atoms with Gasteiger partial charge in [0.1, 0.15) is 5.76 Å². The fourth-order valence-corrected chi connectivity index (χ4v) is 2.35. The first-order valence-electron chi connectivity index (χ1n) is 6.24. The second-order valence-electron chi connectivity index (χ2n) is 4.59. The van der Waals surface area contributed by atoms with Gasteiger partial charge in [0.25, 0.3) is 0 Å². The van der Waals surface area contributed by atoms with Crippen LogP contribution in [0.4, 0.5) is 13.2 Å². The van der Waals surface area contributed by atoms with Crippen LogP contribution in [0.1, 0.15) is 18.4 Å². The molecule has 9 heteroatoms. The average Bonchev–Trinajstić information content (AvgIpc) is 2.42. The number of carbonyl (C=O) groups excluding carboxylic acids is 1. The molecule has 120 valence electrons. The quantitative estimate of drug-likeness (QED) is 0.626. The SMILES string of the molecule is O=C1CCC(OS(=O)(=O)C(F)(F)F)=CN1Cc1ccccc1. The van der Waals surface area contributed by atoms with Gasteiger partial charge in [0, 0.05) is 19.0 Å². The zero-order valence-electron chi connectivity index (χ0n) is 11.2. The lowest BCUT2D eigenvalue weighted by atomic mass is 10.1. The van der Waals surface area contributed by atoms with Crippen LogP contribution in [-0.2, 0) is 25.6 Å². The van der Waals surface area contributed by atoms with Crippen LogP contribution in [-0.4, -0.2) is 24.7 Å². The molecule has 5 nitrogen and oxygen atoms in total. The summed E-state index contributed by atoms with van der Waals surface area (Å²) in [6.07, 6.45) is 0.688. The molecule has 2 rings (SSSR count).